The number of hydrogen-bond donors (Lipinski definition) is 0. The molecular formula is C60H46N2. The van der Waals surface area contributed by atoms with E-state index in [0.717, 1.165) is 11.4 Å². The molecule has 2 nitrogen and oxygen atoms in total. The number of hydrogen-bond acceptors (Lipinski definition) is 1. The minimum absolute atomic E-state index is 0.116. The molecule has 0 saturated carbocycles. The molecule has 0 N–H and O–H groups in total. The molecule has 0 radical (unpaired) electrons. The zero-order chi connectivity index (χ0) is 41.7. The summed E-state index contributed by atoms with van der Waals surface area (Å²) in [5, 5.41) is 2.49. The topological polar surface area (TPSA) is 8.17 Å². The highest BCUT2D eigenvalue weighted by Gasteiger charge is 2.40. The number of nitrogens with zero attached hydrogens (tertiary/aromatic N) is 2. The highest BCUT2D eigenvalue weighted by atomic mass is 15.1. The van der Waals surface area contributed by atoms with Crippen molar-refractivity contribution in [2.75, 3.05) is 4.90 Å². The van der Waals surface area contributed by atoms with Crippen LogP contribution in [-0.2, 0) is 10.8 Å². The molecule has 0 saturated heterocycles. The van der Waals surface area contributed by atoms with Crippen LogP contribution in [0.4, 0.5) is 17.1 Å². The monoisotopic (exact) mass is 794 g/mol. The van der Waals surface area contributed by atoms with Gasteiger partial charge in [0, 0.05) is 44.1 Å². The molecule has 1 aromatic heterocycles. The Bertz CT molecular complexity index is 3280. The van der Waals surface area contributed by atoms with Crippen LogP contribution in [-0.4, -0.2) is 4.57 Å². The predicted molar refractivity (Wildman–Crippen MR) is 261 cm³/mol. The zero-order valence-electron chi connectivity index (χ0n) is 35.5. The normalized spacial score (nSPS) is 14.1. The highest BCUT2D eigenvalue weighted by molar-refractivity contribution is 6.12. The van der Waals surface area contributed by atoms with E-state index in [-0.39, 0.29) is 10.8 Å². The fourth-order valence-corrected chi connectivity index (χ4v) is 10.9. The van der Waals surface area contributed by atoms with Crippen molar-refractivity contribution < 1.29 is 0 Å². The number of rotatable bonds is 6. The van der Waals surface area contributed by atoms with Crippen LogP contribution >= 0.6 is 0 Å². The first-order valence-electron chi connectivity index (χ1n) is 21.9. The van der Waals surface area contributed by atoms with Crippen LogP contribution in [0.5, 0.6) is 0 Å². The van der Waals surface area contributed by atoms with Gasteiger partial charge in [-0.25, -0.2) is 0 Å². The van der Waals surface area contributed by atoms with Gasteiger partial charge in [-0.05, 0) is 116 Å². The molecule has 0 fully saturated rings. The molecule has 0 aliphatic heterocycles. The number of para-hydroxylation sites is 1. The number of fused-ring (bicyclic) bond motifs is 9. The summed E-state index contributed by atoms with van der Waals surface area (Å²) < 4.78 is 2.40. The van der Waals surface area contributed by atoms with E-state index in [1.165, 1.54) is 99.9 Å². The van der Waals surface area contributed by atoms with Crippen LogP contribution < -0.4 is 4.90 Å². The van der Waals surface area contributed by atoms with Crippen LogP contribution in [0.1, 0.15) is 49.9 Å². The lowest BCUT2D eigenvalue weighted by molar-refractivity contribution is 0.660. The summed E-state index contributed by atoms with van der Waals surface area (Å²) in [6, 6.07) is 76.5. The van der Waals surface area contributed by atoms with Gasteiger partial charge in [0.05, 0.1) is 22.4 Å². The van der Waals surface area contributed by atoms with E-state index in [9.17, 15) is 0 Å². The molecular weight excluding hydrogens is 749 g/mol. The summed E-state index contributed by atoms with van der Waals surface area (Å²) in [7, 11) is 0. The van der Waals surface area contributed by atoms with Crippen LogP contribution in [0.15, 0.2) is 206 Å². The largest absolute Gasteiger partial charge is 0.309 e. The van der Waals surface area contributed by atoms with E-state index < -0.39 is 0 Å². The molecule has 0 atom stereocenters. The van der Waals surface area contributed by atoms with Crippen LogP contribution in [0.2, 0.25) is 0 Å². The predicted octanol–water partition coefficient (Wildman–Crippen LogP) is 16.2. The van der Waals surface area contributed by atoms with E-state index >= 15 is 0 Å². The second-order valence-corrected chi connectivity index (χ2v) is 18.1. The van der Waals surface area contributed by atoms with Crippen molar-refractivity contribution in [1.82, 2.24) is 4.57 Å². The Balaban J connectivity index is 1.04. The molecule has 2 aliphatic carbocycles. The summed E-state index contributed by atoms with van der Waals surface area (Å²) in [5.41, 5.74) is 22.4. The number of aromatic nitrogens is 1. The van der Waals surface area contributed by atoms with Crippen molar-refractivity contribution >= 4 is 38.9 Å². The lowest BCUT2D eigenvalue weighted by Gasteiger charge is -2.31. The molecule has 10 aromatic rings. The molecule has 0 spiro atoms. The molecule has 0 unspecified atom stereocenters. The smallest absolute Gasteiger partial charge is 0.0543 e. The van der Waals surface area contributed by atoms with Crippen molar-refractivity contribution in [2.45, 2.75) is 38.5 Å². The second-order valence-electron chi connectivity index (χ2n) is 18.1. The minimum atomic E-state index is -0.116. The molecule has 2 heteroatoms. The van der Waals surface area contributed by atoms with Gasteiger partial charge in [0.15, 0.2) is 0 Å². The van der Waals surface area contributed by atoms with Gasteiger partial charge in [0.1, 0.15) is 0 Å². The summed E-state index contributed by atoms with van der Waals surface area (Å²) in [6.45, 7) is 9.48. The average Bonchev–Trinajstić information content (AvgIpc) is 3.87. The van der Waals surface area contributed by atoms with Gasteiger partial charge in [-0.15, -0.1) is 0 Å². The van der Waals surface area contributed by atoms with Crippen molar-refractivity contribution in [3.05, 3.63) is 229 Å². The van der Waals surface area contributed by atoms with Gasteiger partial charge in [0.25, 0.3) is 0 Å². The van der Waals surface area contributed by atoms with Crippen LogP contribution in [0.25, 0.3) is 72.0 Å². The Morgan fingerprint density at radius 2 is 0.774 bits per heavy atom. The van der Waals surface area contributed by atoms with Gasteiger partial charge in [-0.2, -0.15) is 0 Å². The lowest BCUT2D eigenvalue weighted by Crippen LogP contribution is -2.17. The van der Waals surface area contributed by atoms with E-state index in [1.807, 2.05) is 0 Å². The third kappa shape index (κ3) is 5.29. The van der Waals surface area contributed by atoms with Crippen molar-refractivity contribution in [3.63, 3.8) is 0 Å². The minimum Gasteiger partial charge on any atom is -0.309 e. The maximum atomic E-state index is 2.54. The van der Waals surface area contributed by atoms with E-state index in [4.69, 9.17) is 0 Å². The Morgan fingerprint density at radius 3 is 1.29 bits per heavy atom. The average molecular weight is 795 g/mol. The molecule has 0 bridgehead atoms. The summed E-state index contributed by atoms with van der Waals surface area (Å²) in [6.07, 6.45) is 0. The number of anilines is 3. The van der Waals surface area contributed by atoms with E-state index in [2.05, 4.69) is 243 Å². The Kier molecular flexibility index (Phi) is 7.96. The molecule has 1 heterocycles. The fraction of sp³-hybridized carbons (Fsp3) is 0.100. The summed E-state index contributed by atoms with van der Waals surface area (Å²) in [4.78, 5) is 2.54. The standard InChI is InChI=1S/C60H46N2/c1-59(2)49-23-13-11-21-45(49)57-51(59)25-15-27-55(57)62(56-28-16-26-52-58(56)46-22-12-14-24-50(46)60(52,3)4)44-33-29-40(30-34-44)42-32-36-54-48(38-42)47-37-41(39-17-7-5-8-18-39)31-35-53(47)61(54)43-19-9-6-10-20-43/h5-38H,1-4H3. The van der Waals surface area contributed by atoms with E-state index in [1.54, 1.807) is 0 Å². The first kappa shape index (κ1) is 36.4. The zero-order valence-corrected chi connectivity index (χ0v) is 35.5. The van der Waals surface area contributed by atoms with Gasteiger partial charge in [-0.1, -0.05) is 173 Å². The first-order valence-corrected chi connectivity index (χ1v) is 21.9. The van der Waals surface area contributed by atoms with Gasteiger partial charge in [-0.3, -0.25) is 0 Å². The van der Waals surface area contributed by atoms with Crippen LogP contribution in [0.3, 0.4) is 0 Å². The SMILES string of the molecule is CC1(C)c2ccccc2-c2c(N(c3ccc(-c4ccc5c(c4)c4cc(-c6ccccc6)ccc4n5-c4ccccc4)cc3)c3cccc4c3-c3ccccc3C4(C)C)cccc21. The van der Waals surface area contributed by atoms with Crippen molar-refractivity contribution in [2.24, 2.45) is 0 Å². The third-order valence-electron chi connectivity index (χ3n) is 14.0. The summed E-state index contributed by atoms with van der Waals surface area (Å²) in [5.74, 6) is 0. The molecule has 12 rings (SSSR count). The Hall–Kier alpha value is -7.42. The van der Waals surface area contributed by atoms with Gasteiger partial charge in [0.2, 0.25) is 0 Å². The lowest BCUT2D eigenvalue weighted by atomic mass is 9.82. The molecule has 296 valence electrons. The first-order chi connectivity index (χ1) is 30.3. The molecule has 0 amide bonds. The molecule has 62 heavy (non-hydrogen) atoms. The second kappa shape index (κ2) is 13.5. The van der Waals surface area contributed by atoms with Gasteiger partial charge >= 0.3 is 0 Å². The third-order valence-corrected chi connectivity index (χ3v) is 14.0. The Morgan fingerprint density at radius 1 is 0.355 bits per heavy atom. The molecule has 2 aliphatic rings. The molecule has 9 aromatic carbocycles. The Labute approximate surface area is 364 Å². The van der Waals surface area contributed by atoms with Crippen LogP contribution in [0, 0.1) is 0 Å². The van der Waals surface area contributed by atoms with Gasteiger partial charge < -0.3 is 9.47 Å². The van der Waals surface area contributed by atoms with E-state index in [0.29, 0.717) is 0 Å². The fourth-order valence-electron chi connectivity index (χ4n) is 10.9. The van der Waals surface area contributed by atoms with Crippen molar-refractivity contribution in [3.8, 4) is 50.2 Å². The summed E-state index contributed by atoms with van der Waals surface area (Å²) >= 11 is 0. The number of benzene rings is 9. The quantitative estimate of drug-likeness (QED) is 0.163. The van der Waals surface area contributed by atoms with Crippen molar-refractivity contribution in [1.29, 1.82) is 0 Å². The maximum Gasteiger partial charge on any atom is 0.0543 e. The highest BCUT2D eigenvalue weighted by Crippen LogP contribution is 2.58. The maximum absolute atomic E-state index is 2.54.